The number of guanidine groups is 1. The third-order valence-electron chi connectivity index (χ3n) is 5.43. The standard InChI is InChI=1S/C22H34N6S.HI/c1-4-27-11-13-28(14-12-27)16-20-8-6-5-7-19(20)15-25-22(23-3)24-10-9-21-17-29-18(2)26-21;/h5-8,17H,4,9-16H2,1-3H3,(H2,23,24,25);1H. The quantitative estimate of drug-likeness (QED) is 0.305. The summed E-state index contributed by atoms with van der Waals surface area (Å²) < 4.78 is 0. The van der Waals surface area contributed by atoms with Crippen molar-refractivity contribution in [2.75, 3.05) is 46.3 Å². The zero-order valence-corrected chi connectivity index (χ0v) is 21.5. The van der Waals surface area contributed by atoms with Gasteiger partial charge in [-0.3, -0.25) is 9.89 Å². The Morgan fingerprint density at radius 1 is 1.10 bits per heavy atom. The number of halogens is 1. The molecule has 8 heteroatoms. The number of aliphatic imine (C=N–C) groups is 1. The van der Waals surface area contributed by atoms with Crippen molar-refractivity contribution in [1.82, 2.24) is 25.4 Å². The monoisotopic (exact) mass is 542 g/mol. The van der Waals surface area contributed by atoms with E-state index in [1.165, 1.54) is 24.2 Å². The summed E-state index contributed by atoms with van der Waals surface area (Å²) in [7, 11) is 1.82. The second-order valence-electron chi connectivity index (χ2n) is 7.44. The van der Waals surface area contributed by atoms with Crippen molar-refractivity contribution in [3.8, 4) is 0 Å². The van der Waals surface area contributed by atoms with Gasteiger partial charge in [0.15, 0.2) is 5.96 Å². The van der Waals surface area contributed by atoms with Gasteiger partial charge in [-0.25, -0.2) is 4.98 Å². The average molecular weight is 543 g/mol. The molecule has 1 aliphatic rings. The molecule has 0 spiro atoms. The molecule has 6 nitrogen and oxygen atoms in total. The molecule has 0 radical (unpaired) electrons. The summed E-state index contributed by atoms with van der Waals surface area (Å²) in [5, 5.41) is 10.1. The molecule has 0 amide bonds. The average Bonchev–Trinajstić information content (AvgIpc) is 3.17. The van der Waals surface area contributed by atoms with Gasteiger partial charge in [-0.1, -0.05) is 31.2 Å². The molecular formula is C22H35IN6S. The molecule has 1 aromatic heterocycles. The number of nitrogens with zero attached hydrogens (tertiary/aromatic N) is 4. The fraction of sp³-hybridized carbons (Fsp3) is 0.545. The number of piperazine rings is 1. The number of rotatable bonds is 8. The fourth-order valence-electron chi connectivity index (χ4n) is 3.62. The van der Waals surface area contributed by atoms with Gasteiger partial charge in [-0.2, -0.15) is 0 Å². The Hall–Kier alpha value is -1.23. The van der Waals surface area contributed by atoms with Crippen LogP contribution in [0.3, 0.4) is 0 Å². The van der Waals surface area contributed by atoms with E-state index in [1.807, 2.05) is 14.0 Å². The van der Waals surface area contributed by atoms with E-state index in [0.29, 0.717) is 0 Å². The summed E-state index contributed by atoms with van der Waals surface area (Å²) in [6, 6.07) is 8.74. The van der Waals surface area contributed by atoms with E-state index in [9.17, 15) is 0 Å². The lowest BCUT2D eigenvalue weighted by molar-refractivity contribution is 0.131. The van der Waals surface area contributed by atoms with Gasteiger partial charge in [0.05, 0.1) is 10.7 Å². The van der Waals surface area contributed by atoms with Crippen LogP contribution in [0.4, 0.5) is 0 Å². The summed E-state index contributed by atoms with van der Waals surface area (Å²) in [6.07, 6.45) is 0.908. The third-order valence-corrected chi connectivity index (χ3v) is 6.26. The maximum atomic E-state index is 4.51. The Morgan fingerprint density at radius 3 is 2.43 bits per heavy atom. The maximum Gasteiger partial charge on any atom is 0.191 e. The second kappa shape index (κ2) is 13.2. The Kier molecular flexibility index (Phi) is 11.0. The highest BCUT2D eigenvalue weighted by Gasteiger charge is 2.16. The van der Waals surface area contributed by atoms with Crippen LogP contribution in [0.2, 0.25) is 0 Å². The van der Waals surface area contributed by atoms with Crippen molar-refractivity contribution in [3.05, 3.63) is 51.5 Å². The van der Waals surface area contributed by atoms with Gasteiger partial charge < -0.3 is 15.5 Å². The van der Waals surface area contributed by atoms with E-state index in [4.69, 9.17) is 0 Å². The van der Waals surface area contributed by atoms with Gasteiger partial charge in [0, 0.05) is 64.7 Å². The van der Waals surface area contributed by atoms with E-state index in [-0.39, 0.29) is 24.0 Å². The number of hydrogen-bond acceptors (Lipinski definition) is 5. The van der Waals surface area contributed by atoms with Crippen LogP contribution < -0.4 is 10.6 Å². The molecule has 1 aromatic carbocycles. The minimum Gasteiger partial charge on any atom is -0.356 e. The highest BCUT2D eigenvalue weighted by molar-refractivity contribution is 14.0. The number of likely N-dealkylation sites (N-methyl/N-ethyl adjacent to an activating group) is 1. The molecule has 0 aliphatic carbocycles. The second-order valence-corrected chi connectivity index (χ2v) is 8.50. The van der Waals surface area contributed by atoms with Crippen molar-refractivity contribution in [2.45, 2.75) is 33.4 Å². The first-order chi connectivity index (χ1) is 14.2. The van der Waals surface area contributed by atoms with E-state index < -0.39 is 0 Å². The third kappa shape index (κ3) is 7.79. The van der Waals surface area contributed by atoms with Crippen molar-refractivity contribution in [1.29, 1.82) is 0 Å². The molecule has 1 aliphatic heterocycles. The van der Waals surface area contributed by atoms with Gasteiger partial charge in [0.1, 0.15) is 0 Å². The lowest BCUT2D eigenvalue weighted by atomic mass is 10.1. The minimum absolute atomic E-state index is 0. The van der Waals surface area contributed by atoms with Crippen molar-refractivity contribution in [3.63, 3.8) is 0 Å². The highest BCUT2D eigenvalue weighted by Crippen LogP contribution is 2.13. The van der Waals surface area contributed by atoms with Crippen molar-refractivity contribution >= 4 is 41.3 Å². The van der Waals surface area contributed by atoms with Crippen LogP contribution >= 0.6 is 35.3 Å². The largest absolute Gasteiger partial charge is 0.356 e. The van der Waals surface area contributed by atoms with Crippen LogP contribution in [0.15, 0.2) is 34.6 Å². The van der Waals surface area contributed by atoms with Crippen LogP contribution in [-0.4, -0.2) is 67.1 Å². The van der Waals surface area contributed by atoms with E-state index in [1.54, 1.807) is 11.3 Å². The van der Waals surface area contributed by atoms with Gasteiger partial charge in [-0.15, -0.1) is 35.3 Å². The van der Waals surface area contributed by atoms with Crippen LogP contribution in [-0.2, 0) is 19.5 Å². The summed E-state index contributed by atoms with van der Waals surface area (Å²) in [6.45, 7) is 12.7. The van der Waals surface area contributed by atoms with E-state index in [0.717, 1.165) is 62.4 Å². The van der Waals surface area contributed by atoms with Crippen LogP contribution in [0.1, 0.15) is 28.8 Å². The Morgan fingerprint density at radius 2 is 1.80 bits per heavy atom. The Balaban J connectivity index is 0.00000320. The summed E-state index contributed by atoms with van der Waals surface area (Å²) in [5.74, 6) is 0.836. The molecule has 2 aromatic rings. The Bertz CT molecular complexity index is 785. The molecule has 2 heterocycles. The fourth-order valence-corrected chi connectivity index (χ4v) is 4.27. The van der Waals surface area contributed by atoms with Crippen LogP contribution in [0, 0.1) is 6.92 Å². The van der Waals surface area contributed by atoms with Crippen LogP contribution in [0.25, 0.3) is 0 Å². The van der Waals surface area contributed by atoms with Gasteiger partial charge in [-0.05, 0) is 24.6 Å². The summed E-state index contributed by atoms with van der Waals surface area (Å²) in [5.41, 5.74) is 3.88. The summed E-state index contributed by atoms with van der Waals surface area (Å²) in [4.78, 5) is 14.0. The molecule has 2 N–H and O–H groups in total. The molecule has 3 rings (SSSR count). The number of aromatic nitrogens is 1. The minimum atomic E-state index is 0. The number of aryl methyl sites for hydroxylation is 1. The van der Waals surface area contributed by atoms with Gasteiger partial charge in [0.2, 0.25) is 0 Å². The van der Waals surface area contributed by atoms with Crippen molar-refractivity contribution in [2.24, 2.45) is 4.99 Å². The normalized spacial score (nSPS) is 15.6. The SMILES string of the molecule is CCN1CCN(Cc2ccccc2CNC(=NC)NCCc2csc(C)n2)CC1.I. The number of benzene rings is 1. The predicted octanol–water partition coefficient (Wildman–Crippen LogP) is 3.11. The van der Waals surface area contributed by atoms with E-state index in [2.05, 4.69) is 67.0 Å². The number of nitrogens with one attached hydrogen (secondary N) is 2. The molecule has 1 fully saturated rings. The topological polar surface area (TPSA) is 55.8 Å². The molecular weight excluding hydrogens is 507 g/mol. The molecule has 166 valence electrons. The van der Waals surface area contributed by atoms with Gasteiger partial charge in [0.25, 0.3) is 0 Å². The zero-order chi connectivity index (χ0) is 20.5. The number of hydrogen-bond donors (Lipinski definition) is 2. The number of thiazole rings is 1. The molecule has 0 bridgehead atoms. The van der Waals surface area contributed by atoms with E-state index >= 15 is 0 Å². The summed E-state index contributed by atoms with van der Waals surface area (Å²) >= 11 is 1.70. The smallest absolute Gasteiger partial charge is 0.191 e. The zero-order valence-electron chi connectivity index (χ0n) is 18.4. The predicted molar refractivity (Wildman–Crippen MR) is 138 cm³/mol. The Labute approximate surface area is 202 Å². The van der Waals surface area contributed by atoms with Gasteiger partial charge >= 0.3 is 0 Å². The van der Waals surface area contributed by atoms with Crippen LogP contribution in [0.5, 0.6) is 0 Å². The first-order valence-corrected chi connectivity index (χ1v) is 11.4. The first kappa shape index (κ1) is 25.0. The molecule has 30 heavy (non-hydrogen) atoms. The lowest BCUT2D eigenvalue weighted by Gasteiger charge is -2.34. The molecule has 0 saturated carbocycles. The molecule has 0 unspecified atom stereocenters. The first-order valence-electron chi connectivity index (χ1n) is 10.5. The highest BCUT2D eigenvalue weighted by atomic mass is 127. The maximum absolute atomic E-state index is 4.51. The molecule has 1 saturated heterocycles. The lowest BCUT2D eigenvalue weighted by Crippen LogP contribution is -2.45. The molecule has 0 atom stereocenters. The van der Waals surface area contributed by atoms with Crippen molar-refractivity contribution < 1.29 is 0 Å².